The van der Waals surface area contributed by atoms with Crippen LogP contribution in [-0.2, 0) is 5.41 Å². The predicted molar refractivity (Wildman–Crippen MR) is 196 cm³/mol. The van der Waals surface area contributed by atoms with E-state index in [1.165, 1.54) is 55.6 Å². The SMILES string of the molecule is Brc1ccc2c(c1)C1(c3ccccc3-2)c2ccccc2-c2ccc(-c3ccc(-n4c(-c5ccccc5)nc5ccccc54)cc3)cc21. The topological polar surface area (TPSA) is 17.8 Å². The van der Waals surface area contributed by atoms with E-state index in [2.05, 4.69) is 178 Å². The zero-order valence-electron chi connectivity index (χ0n) is 25.4. The maximum Gasteiger partial charge on any atom is 0.145 e. The van der Waals surface area contributed by atoms with Crippen molar-refractivity contribution >= 4 is 27.0 Å². The Balaban J connectivity index is 1.15. The summed E-state index contributed by atoms with van der Waals surface area (Å²) in [6.45, 7) is 0. The second kappa shape index (κ2) is 9.99. The van der Waals surface area contributed by atoms with Crippen LogP contribution in [-0.4, -0.2) is 9.55 Å². The highest BCUT2D eigenvalue weighted by Crippen LogP contribution is 2.63. The van der Waals surface area contributed by atoms with E-state index in [4.69, 9.17) is 4.98 Å². The molecule has 3 heteroatoms. The Hall–Kier alpha value is -5.51. The van der Waals surface area contributed by atoms with Gasteiger partial charge in [-0.2, -0.15) is 0 Å². The zero-order valence-corrected chi connectivity index (χ0v) is 26.9. The minimum atomic E-state index is -0.377. The molecule has 0 bridgehead atoms. The van der Waals surface area contributed by atoms with Crippen LogP contribution in [0.2, 0.25) is 0 Å². The number of hydrogen-bond donors (Lipinski definition) is 0. The second-order valence-electron chi connectivity index (χ2n) is 12.5. The van der Waals surface area contributed by atoms with Crippen LogP contribution in [0.15, 0.2) is 168 Å². The molecule has 1 spiro atoms. The van der Waals surface area contributed by atoms with Crippen molar-refractivity contribution in [3.63, 3.8) is 0 Å². The van der Waals surface area contributed by atoms with Gasteiger partial charge in [-0.05, 0) is 98.1 Å². The molecule has 0 fully saturated rings. The number of imidazole rings is 1. The Morgan fingerprint density at radius 3 is 1.77 bits per heavy atom. The average Bonchev–Trinajstić information content (AvgIpc) is 3.76. The number of aromatic nitrogens is 2. The summed E-state index contributed by atoms with van der Waals surface area (Å²) in [7, 11) is 0. The van der Waals surface area contributed by atoms with Gasteiger partial charge in [0, 0.05) is 15.7 Å². The number of hydrogen-bond acceptors (Lipinski definition) is 1. The highest BCUT2D eigenvalue weighted by atomic mass is 79.9. The molecular formula is C44H27BrN2. The highest BCUT2D eigenvalue weighted by molar-refractivity contribution is 9.10. The van der Waals surface area contributed by atoms with Gasteiger partial charge in [-0.3, -0.25) is 4.57 Å². The van der Waals surface area contributed by atoms with Crippen LogP contribution in [0.1, 0.15) is 22.3 Å². The summed E-state index contributed by atoms with van der Waals surface area (Å²) in [6.07, 6.45) is 0. The molecule has 0 saturated heterocycles. The van der Waals surface area contributed by atoms with Gasteiger partial charge < -0.3 is 0 Å². The van der Waals surface area contributed by atoms with Gasteiger partial charge in [0.2, 0.25) is 0 Å². The molecule has 1 heterocycles. The molecule has 47 heavy (non-hydrogen) atoms. The molecule has 10 rings (SSSR count). The fourth-order valence-electron chi connectivity index (χ4n) is 8.16. The van der Waals surface area contributed by atoms with Gasteiger partial charge in [-0.15, -0.1) is 0 Å². The van der Waals surface area contributed by atoms with E-state index in [9.17, 15) is 0 Å². The summed E-state index contributed by atoms with van der Waals surface area (Å²) in [4.78, 5) is 5.04. The minimum absolute atomic E-state index is 0.377. The molecule has 7 aromatic carbocycles. The van der Waals surface area contributed by atoms with Crippen molar-refractivity contribution in [1.29, 1.82) is 0 Å². The molecule has 0 N–H and O–H groups in total. The number of halogens is 1. The predicted octanol–water partition coefficient (Wildman–Crippen LogP) is 11.5. The van der Waals surface area contributed by atoms with Crippen LogP contribution in [0, 0.1) is 0 Å². The van der Waals surface area contributed by atoms with Crippen LogP contribution in [0.4, 0.5) is 0 Å². The van der Waals surface area contributed by atoms with Crippen molar-refractivity contribution in [2.45, 2.75) is 5.41 Å². The summed E-state index contributed by atoms with van der Waals surface area (Å²) in [5.41, 5.74) is 16.9. The van der Waals surface area contributed by atoms with Crippen molar-refractivity contribution in [3.8, 4) is 50.5 Å². The molecule has 2 aliphatic carbocycles. The first kappa shape index (κ1) is 26.7. The van der Waals surface area contributed by atoms with Crippen molar-refractivity contribution in [1.82, 2.24) is 9.55 Å². The number of rotatable bonds is 3. The summed E-state index contributed by atoms with van der Waals surface area (Å²) < 4.78 is 3.37. The number of benzene rings is 7. The Labute approximate surface area is 281 Å². The average molecular weight is 664 g/mol. The van der Waals surface area contributed by atoms with E-state index in [1.54, 1.807) is 0 Å². The van der Waals surface area contributed by atoms with E-state index in [0.717, 1.165) is 32.6 Å². The number of fused-ring (bicyclic) bond motifs is 11. The quantitative estimate of drug-likeness (QED) is 0.184. The lowest BCUT2D eigenvalue weighted by atomic mass is 9.70. The van der Waals surface area contributed by atoms with Gasteiger partial charge in [-0.1, -0.05) is 137 Å². The molecular weight excluding hydrogens is 636 g/mol. The first-order chi connectivity index (χ1) is 23.2. The van der Waals surface area contributed by atoms with Crippen LogP contribution < -0.4 is 0 Å². The second-order valence-corrected chi connectivity index (χ2v) is 13.4. The van der Waals surface area contributed by atoms with E-state index in [-0.39, 0.29) is 5.41 Å². The summed E-state index contributed by atoms with van der Waals surface area (Å²) in [5.74, 6) is 0.946. The van der Waals surface area contributed by atoms with Crippen LogP contribution in [0.25, 0.3) is 61.5 Å². The molecule has 8 aromatic rings. The Kier molecular flexibility index (Phi) is 5.67. The standard InChI is InChI=1S/C44H27BrN2/c45-31-21-25-36-34-13-5-7-15-38(34)44(40(36)27-31)37-14-6-4-12-33(37)35-24-20-30(26-39(35)44)28-18-22-32(23-19-28)47-42-17-9-8-16-41(42)46-43(47)29-10-2-1-3-11-29/h1-27H. The van der Waals surface area contributed by atoms with Gasteiger partial charge in [0.15, 0.2) is 0 Å². The monoisotopic (exact) mass is 662 g/mol. The van der Waals surface area contributed by atoms with Gasteiger partial charge in [0.1, 0.15) is 5.82 Å². The lowest BCUT2D eigenvalue weighted by molar-refractivity contribution is 0.793. The maximum atomic E-state index is 5.04. The van der Waals surface area contributed by atoms with Crippen LogP contribution in [0.3, 0.4) is 0 Å². The number of para-hydroxylation sites is 2. The fraction of sp³-hybridized carbons (Fsp3) is 0.0227. The van der Waals surface area contributed by atoms with Gasteiger partial charge in [0.25, 0.3) is 0 Å². The Bertz CT molecular complexity index is 2510. The molecule has 2 nitrogen and oxygen atoms in total. The van der Waals surface area contributed by atoms with Crippen molar-refractivity contribution in [2.75, 3.05) is 0 Å². The summed E-state index contributed by atoms with van der Waals surface area (Å²) in [5, 5.41) is 0. The normalized spacial score (nSPS) is 15.4. The van der Waals surface area contributed by atoms with Gasteiger partial charge in [-0.25, -0.2) is 4.98 Å². The van der Waals surface area contributed by atoms with Crippen molar-refractivity contribution < 1.29 is 0 Å². The number of nitrogens with zero attached hydrogens (tertiary/aromatic N) is 2. The highest BCUT2D eigenvalue weighted by Gasteiger charge is 2.51. The zero-order chi connectivity index (χ0) is 31.1. The molecule has 0 saturated carbocycles. The van der Waals surface area contributed by atoms with E-state index in [1.807, 2.05) is 6.07 Å². The van der Waals surface area contributed by atoms with E-state index in [0.29, 0.717) is 0 Å². The fourth-order valence-corrected chi connectivity index (χ4v) is 8.52. The Morgan fingerprint density at radius 2 is 1.02 bits per heavy atom. The molecule has 1 unspecified atom stereocenters. The van der Waals surface area contributed by atoms with E-state index >= 15 is 0 Å². The first-order valence-corrected chi connectivity index (χ1v) is 16.8. The summed E-state index contributed by atoms with van der Waals surface area (Å²) in [6, 6.07) is 59.6. The van der Waals surface area contributed by atoms with Gasteiger partial charge >= 0.3 is 0 Å². The van der Waals surface area contributed by atoms with Crippen LogP contribution >= 0.6 is 15.9 Å². The third-order valence-corrected chi connectivity index (χ3v) is 10.6. The van der Waals surface area contributed by atoms with Crippen molar-refractivity contribution in [3.05, 3.63) is 191 Å². The molecule has 220 valence electrons. The molecule has 0 aliphatic heterocycles. The van der Waals surface area contributed by atoms with Gasteiger partial charge in [0.05, 0.1) is 16.4 Å². The van der Waals surface area contributed by atoms with E-state index < -0.39 is 0 Å². The van der Waals surface area contributed by atoms with Crippen molar-refractivity contribution in [2.24, 2.45) is 0 Å². The minimum Gasteiger partial charge on any atom is -0.292 e. The third-order valence-electron chi connectivity index (χ3n) is 10.1. The molecule has 0 radical (unpaired) electrons. The molecule has 1 aromatic heterocycles. The molecule has 0 amide bonds. The summed E-state index contributed by atoms with van der Waals surface area (Å²) >= 11 is 3.82. The largest absolute Gasteiger partial charge is 0.292 e. The third kappa shape index (κ3) is 3.69. The molecule has 1 atom stereocenters. The first-order valence-electron chi connectivity index (χ1n) is 16.0. The van der Waals surface area contributed by atoms with Crippen LogP contribution in [0.5, 0.6) is 0 Å². The lowest BCUT2D eigenvalue weighted by Crippen LogP contribution is -2.25. The lowest BCUT2D eigenvalue weighted by Gasteiger charge is -2.30. The maximum absolute atomic E-state index is 5.04. The Morgan fingerprint density at radius 1 is 0.447 bits per heavy atom. The smallest absolute Gasteiger partial charge is 0.145 e. The molecule has 2 aliphatic rings.